The van der Waals surface area contributed by atoms with Crippen LogP contribution < -0.4 is 15.8 Å². The molecule has 1 aliphatic carbocycles. The largest absolute Gasteiger partial charge is 0.369 e. The first-order chi connectivity index (χ1) is 13.6. The average molecular weight is 420 g/mol. The summed E-state index contributed by atoms with van der Waals surface area (Å²) in [7, 11) is 0. The Morgan fingerprint density at radius 1 is 1.14 bits per heavy atom. The molecule has 6 nitrogen and oxygen atoms in total. The highest BCUT2D eigenvalue weighted by atomic mass is 35.5. The zero-order valence-corrected chi connectivity index (χ0v) is 17.0. The van der Waals surface area contributed by atoms with Gasteiger partial charge in [-0.05, 0) is 49.1 Å². The zero-order chi connectivity index (χ0) is 19.5. The number of anilines is 2. The van der Waals surface area contributed by atoms with E-state index in [1.165, 1.54) is 5.56 Å². The lowest BCUT2D eigenvalue weighted by molar-refractivity contribution is -0.120. The number of nitrogens with zero attached hydrogens (tertiary/aromatic N) is 3. The molecular weight excluding hydrogens is 397 g/mol. The first-order valence-electron chi connectivity index (χ1n) is 9.67. The first-order valence-corrected chi connectivity index (χ1v) is 10.4. The Morgan fingerprint density at radius 2 is 1.89 bits per heavy atom. The number of rotatable bonds is 6. The van der Waals surface area contributed by atoms with E-state index in [9.17, 15) is 4.79 Å². The van der Waals surface area contributed by atoms with Crippen LogP contribution in [0, 0.1) is 5.92 Å². The van der Waals surface area contributed by atoms with Gasteiger partial charge in [0.1, 0.15) is 5.02 Å². The number of hydrogen-bond donors (Lipinski definition) is 2. The highest BCUT2D eigenvalue weighted by molar-refractivity contribution is 6.35. The molecule has 2 fully saturated rings. The van der Waals surface area contributed by atoms with Gasteiger partial charge in [-0.25, -0.2) is 0 Å². The van der Waals surface area contributed by atoms with Gasteiger partial charge in [0.25, 0.3) is 0 Å². The number of carbonyl (C=O) groups is 1. The average Bonchev–Trinajstić information content (AvgIpc) is 3.52. The molecule has 1 aromatic heterocycles. The lowest BCUT2D eigenvalue weighted by atomic mass is 9.89. The summed E-state index contributed by atoms with van der Waals surface area (Å²) in [6.07, 6.45) is 6.45. The first kappa shape index (κ1) is 19.3. The third-order valence-electron chi connectivity index (χ3n) is 5.44. The molecule has 148 valence electrons. The minimum Gasteiger partial charge on any atom is -0.369 e. The van der Waals surface area contributed by atoms with E-state index in [0.29, 0.717) is 29.1 Å². The van der Waals surface area contributed by atoms with Crippen molar-refractivity contribution < 1.29 is 4.79 Å². The van der Waals surface area contributed by atoms with Crippen LogP contribution in [0.2, 0.25) is 10.0 Å². The highest BCUT2D eigenvalue weighted by Crippen LogP contribution is 2.37. The molecule has 2 N–H and O–H groups in total. The highest BCUT2D eigenvalue weighted by Gasteiger charge is 2.26. The molecule has 0 atom stereocenters. The Balaban J connectivity index is 1.38. The van der Waals surface area contributed by atoms with Crippen molar-refractivity contribution in [3.63, 3.8) is 0 Å². The second kappa shape index (κ2) is 8.53. The van der Waals surface area contributed by atoms with Crippen LogP contribution in [0.1, 0.15) is 43.6 Å². The van der Waals surface area contributed by atoms with Gasteiger partial charge < -0.3 is 4.90 Å². The molecule has 1 amide bonds. The van der Waals surface area contributed by atoms with Crippen molar-refractivity contribution in [1.29, 1.82) is 0 Å². The molecule has 1 aromatic carbocycles. The normalized spacial score (nSPS) is 17.4. The van der Waals surface area contributed by atoms with E-state index in [-0.39, 0.29) is 5.91 Å². The number of benzene rings is 1. The van der Waals surface area contributed by atoms with Gasteiger partial charge in [0, 0.05) is 24.5 Å². The van der Waals surface area contributed by atoms with Gasteiger partial charge in [0.05, 0.1) is 11.9 Å². The minimum atomic E-state index is -0.0497. The Bertz CT molecular complexity index is 850. The van der Waals surface area contributed by atoms with E-state index in [0.717, 1.165) is 49.5 Å². The molecule has 2 heterocycles. The monoisotopic (exact) mass is 419 g/mol. The smallest absolute Gasteiger partial charge is 0.238 e. The van der Waals surface area contributed by atoms with Crippen molar-refractivity contribution in [2.75, 3.05) is 23.4 Å². The van der Waals surface area contributed by atoms with Gasteiger partial charge in [-0.3, -0.25) is 15.6 Å². The van der Waals surface area contributed by atoms with Crippen LogP contribution in [0.3, 0.4) is 0 Å². The van der Waals surface area contributed by atoms with Gasteiger partial charge >= 0.3 is 0 Å². The fourth-order valence-electron chi connectivity index (χ4n) is 3.67. The predicted octanol–water partition coefficient (Wildman–Crippen LogP) is 4.41. The third kappa shape index (κ3) is 4.50. The van der Waals surface area contributed by atoms with Crippen LogP contribution in [0.25, 0.3) is 0 Å². The lowest BCUT2D eigenvalue weighted by Gasteiger charge is -2.34. The topological polar surface area (TPSA) is 70.1 Å². The van der Waals surface area contributed by atoms with Crippen molar-refractivity contribution in [2.45, 2.75) is 38.0 Å². The number of hydrazine groups is 1. The maximum atomic E-state index is 11.9. The molecule has 0 radical (unpaired) electrons. The number of nitrogens with one attached hydrogen (secondary N) is 2. The van der Waals surface area contributed by atoms with Gasteiger partial charge in [0.15, 0.2) is 5.82 Å². The molecular formula is C20H23Cl2N5O. The minimum absolute atomic E-state index is 0.0497. The van der Waals surface area contributed by atoms with E-state index >= 15 is 0 Å². The van der Waals surface area contributed by atoms with Crippen molar-refractivity contribution in [1.82, 2.24) is 15.6 Å². The molecule has 0 unspecified atom stereocenters. The Labute approximate surface area is 174 Å². The summed E-state index contributed by atoms with van der Waals surface area (Å²) in [6, 6.07) is 8.05. The van der Waals surface area contributed by atoms with Crippen molar-refractivity contribution in [3.8, 4) is 0 Å². The summed E-state index contributed by atoms with van der Waals surface area (Å²) in [5.74, 6) is 1.29. The Hall–Kier alpha value is -2.05. The fraction of sp³-hybridized carbons (Fsp3) is 0.450. The van der Waals surface area contributed by atoms with E-state index in [1.54, 1.807) is 6.20 Å². The van der Waals surface area contributed by atoms with Crippen molar-refractivity contribution >= 4 is 40.6 Å². The molecule has 4 rings (SSSR count). The van der Waals surface area contributed by atoms with Crippen molar-refractivity contribution in [3.05, 3.63) is 46.1 Å². The molecule has 0 spiro atoms. The third-order valence-corrected chi connectivity index (χ3v) is 6.16. The summed E-state index contributed by atoms with van der Waals surface area (Å²) in [5, 5.41) is 9.38. The summed E-state index contributed by atoms with van der Waals surface area (Å²) in [6.45, 7) is 1.71. The lowest BCUT2D eigenvalue weighted by Crippen LogP contribution is -2.34. The predicted molar refractivity (Wildman–Crippen MR) is 112 cm³/mol. The number of amides is 1. The maximum Gasteiger partial charge on any atom is 0.238 e. The van der Waals surface area contributed by atoms with E-state index in [2.05, 4.69) is 32.0 Å². The molecule has 28 heavy (non-hydrogen) atoms. The van der Waals surface area contributed by atoms with Crippen LogP contribution in [-0.2, 0) is 4.79 Å². The molecule has 0 bridgehead atoms. The Kier molecular flexibility index (Phi) is 5.87. The standard InChI is InChI=1S/C20H23Cl2N5O/c21-16-4-2-1-3-15(16)14-7-9-27(10-8-14)17-12-23-25-20(19(17)22)26-24-18(28)11-13-5-6-13/h1-4,12-14H,5-11H2,(H,24,28)(H,25,26). The van der Waals surface area contributed by atoms with E-state index < -0.39 is 0 Å². The van der Waals surface area contributed by atoms with Crippen LogP contribution in [0.4, 0.5) is 11.5 Å². The zero-order valence-electron chi connectivity index (χ0n) is 15.5. The quantitative estimate of drug-likeness (QED) is 0.678. The number of carbonyl (C=O) groups excluding carboxylic acids is 1. The van der Waals surface area contributed by atoms with Gasteiger partial charge in [0.2, 0.25) is 5.91 Å². The summed E-state index contributed by atoms with van der Waals surface area (Å²) >= 11 is 12.9. The van der Waals surface area contributed by atoms with Crippen molar-refractivity contribution in [2.24, 2.45) is 5.92 Å². The van der Waals surface area contributed by atoms with Crippen LogP contribution in [0.5, 0.6) is 0 Å². The number of piperidine rings is 1. The molecule has 1 saturated carbocycles. The fourth-order valence-corrected chi connectivity index (χ4v) is 4.21. The number of halogens is 2. The molecule has 1 aliphatic heterocycles. The second-order valence-corrected chi connectivity index (χ2v) is 8.28. The van der Waals surface area contributed by atoms with E-state index in [4.69, 9.17) is 23.2 Å². The van der Waals surface area contributed by atoms with Gasteiger partial charge in [-0.2, -0.15) is 5.10 Å². The molecule has 8 heteroatoms. The Morgan fingerprint density at radius 3 is 2.61 bits per heavy atom. The SMILES string of the molecule is O=C(CC1CC1)NNc1nncc(N2CCC(c3ccccc3Cl)CC2)c1Cl. The maximum absolute atomic E-state index is 11.9. The van der Waals surface area contributed by atoms with Gasteiger partial charge in [-0.15, -0.1) is 5.10 Å². The van der Waals surface area contributed by atoms with E-state index in [1.807, 2.05) is 18.2 Å². The van der Waals surface area contributed by atoms with Crippen LogP contribution in [0.15, 0.2) is 30.5 Å². The summed E-state index contributed by atoms with van der Waals surface area (Å²) in [4.78, 5) is 14.1. The molecule has 2 aromatic rings. The second-order valence-electron chi connectivity index (χ2n) is 7.50. The summed E-state index contributed by atoms with van der Waals surface area (Å²) in [5.41, 5.74) is 7.52. The van der Waals surface area contributed by atoms with Gasteiger partial charge in [-0.1, -0.05) is 41.4 Å². The number of hydrogen-bond acceptors (Lipinski definition) is 5. The molecule has 2 aliphatic rings. The summed E-state index contributed by atoms with van der Waals surface area (Å²) < 4.78 is 0. The molecule has 1 saturated heterocycles. The van der Waals surface area contributed by atoms with Crippen LogP contribution in [-0.4, -0.2) is 29.2 Å². The number of aromatic nitrogens is 2. The van der Waals surface area contributed by atoms with Crippen LogP contribution >= 0.6 is 23.2 Å².